The van der Waals surface area contributed by atoms with E-state index in [0.29, 0.717) is 15.6 Å². The number of hydrogen-bond donors (Lipinski definition) is 2. The SMILES string of the molecule is COc1c(NC(=O)C2C(c3cc(Cl)cc(Cl)c3)C2(Cl)Cl)ccc(F)c1C(=O)Nc1ccc(F)cc1. The Kier molecular flexibility index (Phi) is 7.16. The molecule has 2 atom stereocenters. The first-order valence-corrected chi connectivity index (χ1v) is 11.6. The monoisotopic (exact) mass is 558 g/mol. The van der Waals surface area contributed by atoms with E-state index in [1.165, 1.54) is 31.4 Å². The maximum atomic E-state index is 14.6. The van der Waals surface area contributed by atoms with Gasteiger partial charge in [-0.05, 0) is 60.2 Å². The van der Waals surface area contributed by atoms with Gasteiger partial charge in [0.1, 0.15) is 21.5 Å². The van der Waals surface area contributed by atoms with E-state index in [0.717, 1.165) is 18.2 Å². The summed E-state index contributed by atoms with van der Waals surface area (Å²) in [5.41, 5.74) is 0.397. The molecule has 2 amide bonds. The Morgan fingerprint density at radius 1 is 0.943 bits per heavy atom. The Balaban J connectivity index is 1.59. The van der Waals surface area contributed by atoms with Gasteiger partial charge in [0.2, 0.25) is 5.91 Å². The van der Waals surface area contributed by atoms with Crippen molar-refractivity contribution in [2.75, 3.05) is 17.7 Å². The molecular weight excluding hydrogens is 544 g/mol. The van der Waals surface area contributed by atoms with Gasteiger partial charge >= 0.3 is 0 Å². The molecule has 1 fully saturated rings. The van der Waals surface area contributed by atoms with Crippen LogP contribution in [-0.4, -0.2) is 23.3 Å². The van der Waals surface area contributed by atoms with Gasteiger partial charge in [0.15, 0.2) is 5.75 Å². The van der Waals surface area contributed by atoms with Crippen molar-refractivity contribution < 1.29 is 23.1 Å². The van der Waals surface area contributed by atoms with Gasteiger partial charge in [-0.25, -0.2) is 8.78 Å². The molecule has 2 N–H and O–H groups in total. The highest BCUT2D eigenvalue weighted by Crippen LogP contribution is 2.65. The Morgan fingerprint density at radius 2 is 1.57 bits per heavy atom. The molecule has 0 aromatic heterocycles. The van der Waals surface area contributed by atoms with Gasteiger partial charge in [-0.2, -0.15) is 0 Å². The summed E-state index contributed by atoms with van der Waals surface area (Å²) in [4.78, 5) is 25.9. The van der Waals surface area contributed by atoms with Crippen molar-refractivity contribution in [1.29, 1.82) is 0 Å². The van der Waals surface area contributed by atoms with Gasteiger partial charge in [0, 0.05) is 21.7 Å². The van der Waals surface area contributed by atoms with Crippen molar-refractivity contribution in [1.82, 2.24) is 0 Å². The molecular formula is C24H16Cl4F2N2O3. The number of methoxy groups -OCH3 is 1. The molecule has 1 saturated carbocycles. The van der Waals surface area contributed by atoms with Crippen molar-refractivity contribution >= 4 is 69.6 Å². The average Bonchev–Trinajstić information content (AvgIpc) is 3.37. The second kappa shape index (κ2) is 9.82. The lowest BCUT2D eigenvalue weighted by atomic mass is 10.1. The van der Waals surface area contributed by atoms with Crippen LogP contribution in [0, 0.1) is 17.6 Å². The van der Waals surface area contributed by atoms with E-state index in [2.05, 4.69) is 10.6 Å². The predicted molar refractivity (Wildman–Crippen MR) is 133 cm³/mol. The van der Waals surface area contributed by atoms with E-state index in [-0.39, 0.29) is 17.1 Å². The molecule has 182 valence electrons. The van der Waals surface area contributed by atoms with Crippen molar-refractivity contribution in [3.8, 4) is 5.75 Å². The zero-order chi connectivity index (χ0) is 25.5. The third-order valence-corrected chi connectivity index (χ3v) is 6.85. The molecule has 0 aliphatic heterocycles. The second-order valence-electron chi connectivity index (χ2n) is 7.79. The molecule has 2 unspecified atom stereocenters. The fraction of sp³-hybridized carbons (Fsp3) is 0.167. The molecule has 0 radical (unpaired) electrons. The fourth-order valence-electron chi connectivity index (χ4n) is 3.84. The number of amides is 2. The van der Waals surface area contributed by atoms with Crippen molar-refractivity contribution in [3.05, 3.63) is 87.4 Å². The van der Waals surface area contributed by atoms with E-state index >= 15 is 0 Å². The van der Waals surface area contributed by atoms with Crippen LogP contribution in [0.2, 0.25) is 10.0 Å². The minimum absolute atomic E-state index is 0.0297. The van der Waals surface area contributed by atoms with Crippen molar-refractivity contribution in [3.63, 3.8) is 0 Å². The van der Waals surface area contributed by atoms with E-state index < -0.39 is 45.2 Å². The lowest BCUT2D eigenvalue weighted by Crippen LogP contribution is -2.20. The number of benzene rings is 3. The van der Waals surface area contributed by atoms with Gasteiger partial charge < -0.3 is 15.4 Å². The molecule has 4 rings (SSSR count). The second-order valence-corrected chi connectivity index (χ2v) is 10.1. The van der Waals surface area contributed by atoms with Crippen LogP contribution >= 0.6 is 46.4 Å². The summed E-state index contributed by atoms with van der Waals surface area (Å²) >= 11 is 24.9. The topological polar surface area (TPSA) is 67.4 Å². The first kappa shape index (κ1) is 25.5. The van der Waals surface area contributed by atoms with E-state index in [4.69, 9.17) is 51.1 Å². The predicted octanol–water partition coefficient (Wildman–Crippen LogP) is 7.06. The summed E-state index contributed by atoms with van der Waals surface area (Å²) in [5, 5.41) is 5.79. The number of halogens is 6. The first-order valence-electron chi connectivity index (χ1n) is 10.1. The Morgan fingerprint density at radius 3 is 2.17 bits per heavy atom. The zero-order valence-electron chi connectivity index (χ0n) is 17.8. The molecule has 0 heterocycles. The molecule has 0 saturated heterocycles. The van der Waals surface area contributed by atoms with Crippen LogP contribution in [0.3, 0.4) is 0 Å². The number of ether oxygens (including phenoxy) is 1. The number of nitrogens with one attached hydrogen (secondary N) is 2. The van der Waals surface area contributed by atoms with E-state index in [1.54, 1.807) is 12.1 Å². The molecule has 3 aromatic rings. The van der Waals surface area contributed by atoms with Crippen LogP contribution in [0.5, 0.6) is 5.75 Å². The number of carbonyl (C=O) groups is 2. The summed E-state index contributed by atoms with van der Waals surface area (Å²) in [5.74, 6) is -4.52. The summed E-state index contributed by atoms with van der Waals surface area (Å²) in [6, 6.07) is 11.9. The molecule has 0 spiro atoms. The molecule has 1 aliphatic carbocycles. The van der Waals surface area contributed by atoms with Gasteiger partial charge in [-0.15, -0.1) is 23.2 Å². The quantitative estimate of drug-likeness (QED) is 0.318. The zero-order valence-corrected chi connectivity index (χ0v) is 20.9. The normalized spacial score (nSPS) is 18.0. The summed E-state index contributed by atoms with van der Waals surface area (Å²) in [6.45, 7) is 0. The average molecular weight is 560 g/mol. The largest absolute Gasteiger partial charge is 0.494 e. The first-order chi connectivity index (χ1) is 16.5. The number of rotatable bonds is 6. The van der Waals surface area contributed by atoms with Crippen LogP contribution in [-0.2, 0) is 4.79 Å². The Labute approximate surface area is 219 Å². The van der Waals surface area contributed by atoms with Crippen LogP contribution < -0.4 is 15.4 Å². The van der Waals surface area contributed by atoms with Gasteiger partial charge in [-0.3, -0.25) is 9.59 Å². The summed E-state index contributed by atoms with van der Waals surface area (Å²) < 4.78 is 31.6. The maximum absolute atomic E-state index is 14.6. The van der Waals surface area contributed by atoms with Gasteiger partial charge in [-0.1, -0.05) is 23.2 Å². The van der Waals surface area contributed by atoms with Crippen LogP contribution in [0.1, 0.15) is 21.8 Å². The lowest BCUT2D eigenvalue weighted by molar-refractivity contribution is -0.117. The standard InChI is InChI=1S/C24H16Cl4F2N2O3/c1-35-21-17(7-6-16(30)18(21)22(33)31-15-4-2-14(29)3-5-15)32-23(34)20-19(24(20,27)28)11-8-12(25)10-13(26)9-11/h2-10,19-20H,1H3,(H,31,33)(H,32,34). The highest BCUT2D eigenvalue weighted by molar-refractivity contribution is 6.53. The minimum atomic E-state index is -1.44. The third-order valence-electron chi connectivity index (χ3n) is 5.48. The number of anilines is 2. The Hall–Kier alpha value is -2.58. The van der Waals surface area contributed by atoms with E-state index in [9.17, 15) is 18.4 Å². The molecule has 11 heteroatoms. The highest BCUT2D eigenvalue weighted by atomic mass is 35.5. The lowest BCUT2D eigenvalue weighted by Gasteiger charge is -2.15. The highest BCUT2D eigenvalue weighted by Gasteiger charge is 2.67. The number of carbonyl (C=O) groups excluding carboxylic acids is 2. The molecule has 5 nitrogen and oxygen atoms in total. The summed E-state index contributed by atoms with van der Waals surface area (Å²) in [7, 11) is 1.22. The van der Waals surface area contributed by atoms with Gasteiger partial charge in [0.05, 0.1) is 18.7 Å². The smallest absolute Gasteiger partial charge is 0.262 e. The number of hydrogen-bond acceptors (Lipinski definition) is 3. The van der Waals surface area contributed by atoms with Crippen LogP contribution in [0.15, 0.2) is 54.6 Å². The Bertz CT molecular complexity index is 1300. The minimum Gasteiger partial charge on any atom is -0.494 e. The third kappa shape index (κ3) is 5.19. The molecule has 0 bridgehead atoms. The van der Waals surface area contributed by atoms with Crippen molar-refractivity contribution in [2.45, 2.75) is 10.3 Å². The van der Waals surface area contributed by atoms with Crippen LogP contribution in [0.25, 0.3) is 0 Å². The van der Waals surface area contributed by atoms with E-state index in [1.807, 2.05) is 0 Å². The number of alkyl halides is 2. The molecule has 35 heavy (non-hydrogen) atoms. The van der Waals surface area contributed by atoms with Gasteiger partial charge in [0.25, 0.3) is 5.91 Å². The molecule has 3 aromatic carbocycles. The van der Waals surface area contributed by atoms with Crippen molar-refractivity contribution in [2.24, 2.45) is 5.92 Å². The summed E-state index contributed by atoms with van der Waals surface area (Å²) in [6.07, 6.45) is 0. The molecule has 1 aliphatic rings. The maximum Gasteiger partial charge on any atom is 0.262 e. The fourth-order valence-corrected chi connectivity index (χ4v) is 5.21. The van der Waals surface area contributed by atoms with Crippen LogP contribution in [0.4, 0.5) is 20.2 Å².